The number of anilines is 1. The second kappa shape index (κ2) is 7.51. The summed E-state index contributed by atoms with van der Waals surface area (Å²) in [6, 6.07) is 12.3. The molecule has 7 nitrogen and oxygen atoms in total. The van der Waals surface area contributed by atoms with Gasteiger partial charge in [-0.25, -0.2) is 8.42 Å². The van der Waals surface area contributed by atoms with Crippen molar-refractivity contribution in [3.05, 3.63) is 53.6 Å². The van der Waals surface area contributed by atoms with E-state index in [4.69, 9.17) is 4.74 Å². The third-order valence-corrected chi connectivity index (χ3v) is 7.52. The van der Waals surface area contributed by atoms with Crippen molar-refractivity contribution in [1.29, 1.82) is 0 Å². The van der Waals surface area contributed by atoms with Crippen LogP contribution in [0.5, 0.6) is 5.75 Å². The molecule has 0 spiro atoms. The standard InChI is InChI=1S/C21H22N2O5S/c1-14(10-21(25)23-9-8-15-4-2-3-5-16(15)12-23)29(26,27)17-6-7-19-18(11-17)22-20(24)13-28-19/h2-7,11,14H,8-10,12-13H2,1H3,(H,22,24)/t14-/m0/s1. The maximum absolute atomic E-state index is 13.0. The second-order valence-electron chi connectivity index (χ2n) is 7.39. The number of benzene rings is 2. The van der Waals surface area contributed by atoms with Crippen molar-refractivity contribution >= 4 is 27.3 Å². The Morgan fingerprint density at radius 1 is 1.21 bits per heavy atom. The number of hydrogen-bond donors (Lipinski definition) is 1. The molecule has 1 N–H and O–H groups in total. The average Bonchev–Trinajstić information content (AvgIpc) is 2.72. The minimum atomic E-state index is -3.74. The highest BCUT2D eigenvalue weighted by molar-refractivity contribution is 7.92. The van der Waals surface area contributed by atoms with Gasteiger partial charge in [-0.3, -0.25) is 9.59 Å². The van der Waals surface area contributed by atoms with Gasteiger partial charge in [0.25, 0.3) is 5.91 Å². The molecule has 2 aromatic carbocycles. The quantitative estimate of drug-likeness (QED) is 0.828. The molecule has 2 heterocycles. The number of amides is 2. The fourth-order valence-electron chi connectivity index (χ4n) is 3.66. The number of nitrogens with one attached hydrogen (secondary N) is 1. The number of fused-ring (bicyclic) bond motifs is 2. The number of hydrogen-bond acceptors (Lipinski definition) is 5. The summed E-state index contributed by atoms with van der Waals surface area (Å²) in [7, 11) is -3.74. The summed E-state index contributed by atoms with van der Waals surface area (Å²) in [5, 5.41) is 1.73. The van der Waals surface area contributed by atoms with Crippen LogP contribution in [0.25, 0.3) is 0 Å². The number of rotatable bonds is 4. The lowest BCUT2D eigenvalue weighted by atomic mass is 10.00. The van der Waals surface area contributed by atoms with Crippen LogP contribution in [0.4, 0.5) is 5.69 Å². The number of nitrogens with zero attached hydrogens (tertiary/aromatic N) is 1. The van der Waals surface area contributed by atoms with Gasteiger partial charge in [-0.2, -0.15) is 0 Å². The lowest BCUT2D eigenvalue weighted by molar-refractivity contribution is -0.132. The van der Waals surface area contributed by atoms with E-state index in [-0.39, 0.29) is 29.7 Å². The number of sulfone groups is 1. The highest BCUT2D eigenvalue weighted by Crippen LogP contribution is 2.32. The molecular weight excluding hydrogens is 392 g/mol. The lowest BCUT2D eigenvalue weighted by Crippen LogP contribution is -2.38. The Kier molecular flexibility index (Phi) is 5.04. The minimum Gasteiger partial charge on any atom is -0.482 e. The Hall–Kier alpha value is -2.87. The molecule has 0 bridgehead atoms. The molecule has 0 unspecified atom stereocenters. The molecular formula is C21H22N2O5S. The van der Waals surface area contributed by atoms with Crippen molar-refractivity contribution in [2.45, 2.75) is 36.5 Å². The smallest absolute Gasteiger partial charge is 0.262 e. The third-order valence-electron chi connectivity index (χ3n) is 5.39. The van der Waals surface area contributed by atoms with E-state index in [9.17, 15) is 18.0 Å². The van der Waals surface area contributed by atoms with Gasteiger partial charge in [0.15, 0.2) is 16.4 Å². The van der Waals surface area contributed by atoms with E-state index < -0.39 is 15.1 Å². The summed E-state index contributed by atoms with van der Waals surface area (Å²) in [6.07, 6.45) is 0.679. The van der Waals surface area contributed by atoms with Gasteiger partial charge in [-0.15, -0.1) is 0 Å². The highest BCUT2D eigenvalue weighted by atomic mass is 32.2. The van der Waals surface area contributed by atoms with Crippen molar-refractivity contribution < 1.29 is 22.7 Å². The maximum Gasteiger partial charge on any atom is 0.262 e. The highest BCUT2D eigenvalue weighted by Gasteiger charge is 2.30. The SMILES string of the molecule is C[C@@H](CC(=O)N1CCc2ccccc2C1)S(=O)(=O)c1ccc2c(c1)NC(=O)CO2. The van der Waals surface area contributed by atoms with E-state index in [0.717, 1.165) is 12.0 Å². The van der Waals surface area contributed by atoms with E-state index in [0.29, 0.717) is 24.5 Å². The van der Waals surface area contributed by atoms with E-state index >= 15 is 0 Å². The molecule has 2 aliphatic rings. The van der Waals surface area contributed by atoms with Crippen LogP contribution in [0.3, 0.4) is 0 Å². The number of carbonyl (C=O) groups is 2. The van der Waals surface area contributed by atoms with Gasteiger partial charge in [-0.1, -0.05) is 24.3 Å². The minimum absolute atomic E-state index is 0.0614. The molecule has 1 atom stereocenters. The van der Waals surface area contributed by atoms with Crippen LogP contribution in [0.15, 0.2) is 47.4 Å². The summed E-state index contributed by atoms with van der Waals surface area (Å²) in [5.74, 6) is -0.0786. The molecule has 29 heavy (non-hydrogen) atoms. The summed E-state index contributed by atoms with van der Waals surface area (Å²) in [5.41, 5.74) is 2.66. The first-order valence-electron chi connectivity index (χ1n) is 9.50. The number of ether oxygens (including phenoxy) is 1. The summed E-state index contributed by atoms with van der Waals surface area (Å²) < 4.78 is 31.3. The van der Waals surface area contributed by atoms with E-state index in [1.807, 2.05) is 18.2 Å². The van der Waals surface area contributed by atoms with Crippen LogP contribution < -0.4 is 10.1 Å². The molecule has 0 aromatic heterocycles. The van der Waals surface area contributed by atoms with E-state index in [1.165, 1.54) is 23.8 Å². The van der Waals surface area contributed by atoms with Crippen molar-refractivity contribution in [1.82, 2.24) is 4.90 Å². The maximum atomic E-state index is 13.0. The van der Waals surface area contributed by atoms with Crippen LogP contribution >= 0.6 is 0 Å². The zero-order chi connectivity index (χ0) is 20.6. The zero-order valence-electron chi connectivity index (χ0n) is 16.1. The Morgan fingerprint density at radius 3 is 2.76 bits per heavy atom. The predicted molar refractivity (Wildman–Crippen MR) is 107 cm³/mol. The van der Waals surface area contributed by atoms with Crippen LogP contribution in [-0.2, 0) is 32.4 Å². The first-order valence-corrected chi connectivity index (χ1v) is 11.0. The van der Waals surface area contributed by atoms with Gasteiger partial charge in [0.1, 0.15) is 5.75 Å². The molecule has 0 saturated carbocycles. The molecule has 0 radical (unpaired) electrons. The van der Waals surface area contributed by atoms with Crippen LogP contribution in [0, 0.1) is 0 Å². The van der Waals surface area contributed by atoms with Gasteiger partial charge in [0.2, 0.25) is 5.91 Å². The molecule has 2 amide bonds. The lowest BCUT2D eigenvalue weighted by Gasteiger charge is -2.29. The number of carbonyl (C=O) groups excluding carboxylic acids is 2. The Balaban J connectivity index is 1.48. The fourth-order valence-corrected chi connectivity index (χ4v) is 5.03. The Bertz CT molecular complexity index is 1080. The van der Waals surface area contributed by atoms with E-state index in [2.05, 4.69) is 11.4 Å². The Labute approximate surface area is 169 Å². The van der Waals surface area contributed by atoms with Crippen molar-refractivity contribution in [2.75, 3.05) is 18.5 Å². The third kappa shape index (κ3) is 3.85. The molecule has 2 aromatic rings. The first-order chi connectivity index (χ1) is 13.8. The van der Waals surface area contributed by atoms with Crippen molar-refractivity contribution in [3.8, 4) is 5.75 Å². The molecule has 4 rings (SSSR count). The predicted octanol–water partition coefficient (Wildman–Crippen LogP) is 2.15. The summed E-state index contributed by atoms with van der Waals surface area (Å²) in [4.78, 5) is 26.0. The van der Waals surface area contributed by atoms with Gasteiger partial charge >= 0.3 is 0 Å². The second-order valence-corrected chi connectivity index (χ2v) is 9.75. The molecule has 152 valence electrons. The van der Waals surface area contributed by atoms with Crippen LogP contribution in [-0.4, -0.2) is 43.5 Å². The topological polar surface area (TPSA) is 92.8 Å². The van der Waals surface area contributed by atoms with Crippen LogP contribution in [0.2, 0.25) is 0 Å². The average molecular weight is 414 g/mol. The largest absolute Gasteiger partial charge is 0.482 e. The van der Waals surface area contributed by atoms with Crippen LogP contribution in [0.1, 0.15) is 24.5 Å². The molecule has 0 saturated heterocycles. The zero-order valence-corrected chi connectivity index (χ0v) is 16.9. The van der Waals surface area contributed by atoms with Gasteiger partial charge in [0, 0.05) is 19.5 Å². The van der Waals surface area contributed by atoms with Crippen molar-refractivity contribution in [3.63, 3.8) is 0 Å². The molecule has 0 fully saturated rings. The molecule has 2 aliphatic heterocycles. The monoisotopic (exact) mass is 414 g/mol. The molecule has 0 aliphatic carbocycles. The van der Waals surface area contributed by atoms with Crippen molar-refractivity contribution in [2.24, 2.45) is 0 Å². The fraction of sp³-hybridized carbons (Fsp3) is 0.333. The van der Waals surface area contributed by atoms with Gasteiger partial charge in [-0.05, 0) is 42.7 Å². The normalized spacial score (nSPS) is 16.9. The van der Waals surface area contributed by atoms with E-state index in [1.54, 1.807) is 11.8 Å². The van der Waals surface area contributed by atoms with Gasteiger partial charge < -0.3 is 15.0 Å². The first kappa shape index (κ1) is 19.4. The van der Waals surface area contributed by atoms with Gasteiger partial charge in [0.05, 0.1) is 15.8 Å². The summed E-state index contributed by atoms with van der Waals surface area (Å²) >= 11 is 0. The molecule has 8 heteroatoms. The Morgan fingerprint density at radius 2 is 1.97 bits per heavy atom. The summed E-state index contributed by atoms with van der Waals surface area (Å²) in [6.45, 7) is 2.54.